The van der Waals surface area contributed by atoms with Gasteiger partial charge in [0.25, 0.3) is 5.91 Å². The van der Waals surface area contributed by atoms with Crippen LogP contribution in [0.2, 0.25) is 5.02 Å². The molecule has 1 amide bonds. The Morgan fingerprint density at radius 3 is 2.67 bits per heavy atom. The van der Waals surface area contributed by atoms with E-state index in [0.717, 1.165) is 31.7 Å². The smallest absolute Gasteiger partial charge is 0.252 e. The van der Waals surface area contributed by atoms with E-state index in [2.05, 4.69) is 20.6 Å². The van der Waals surface area contributed by atoms with E-state index < -0.39 is 17.5 Å². The van der Waals surface area contributed by atoms with E-state index in [1.54, 1.807) is 18.2 Å². The second-order valence-electron chi connectivity index (χ2n) is 7.97. The van der Waals surface area contributed by atoms with E-state index in [1.165, 1.54) is 18.5 Å². The third-order valence-corrected chi connectivity index (χ3v) is 5.94. The zero-order valence-corrected chi connectivity index (χ0v) is 18.4. The Morgan fingerprint density at radius 1 is 1.12 bits per heavy atom. The molecule has 10 heteroatoms. The third-order valence-electron chi connectivity index (χ3n) is 5.65. The number of aromatic nitrogens is 2. The molecule has 1 aliphatic rings. The number of pyridine rings is 2. The maximum Gasteiger partial charge on any atom is 0.252 e. The standard InChI is InChI=1S/C23H23ClF2N6O/c24-16-5-3-4-14(20(16)26)12-8-13(11-29-10-12)30-22-15(21(28)33)9-17(25)23(32-22)31-19-7-2-1-6-18(19)27/h3-5,8-11,18-19H,1-2,6-7,27H2,(H2,28,33)(H2,30,31,32). The number of amides is 1. The average Bonchev–Trinajstić information content (AvgIpc) is 2.79. The summed E-state index contributed by atoms with van der Waals surface area (Å²) in [7, 11) is 0. The van der Waals surface area contributed by atoms with Gasteiger partial charge in [0.1, 0.15) is 11.6 Å². The molecular weight excluding hydrogens is 450 g/mol. The molecule has 0 radical (unpaired) electrons. The minimum Gasteiger partial charge on any atom is -0.365 e. The largest absolute Gasteiger partial charge is 0.365 e. The lowest BCUT2D eigenvalue weighted by Crippen LogP contribution is -2.43. The molecule has 2 atom stereocenters. The van der Waals surface area contributed by atoms with Gasteiger partial charge in [0.2, 0.25) is 0 Å². The number of benzene rings is 1. The molecule has 33 heavy (non-hydrogen) atoms. The number of hydrogen-bond acceptors (Lipinski definition) is 6. The number of rotatable bonds is 6. The SMILES string of the molecule is NC(=O)c1cc(F)c(NC2CCCCC2N)nc1Nc1cncc(-c2cccc(Cl)c2F)c1. The minimum atomic E-state index is -0.852. The average molecular weight is 473 g/mol. The fourth-order valence-corrected chi connectivity index (χ4v) is 4.08. The first kappa shape index (κ1) is 22.9. The predicted molar refractivity (Wildman–Crippen MR) is 124 cm³/mol. The van der Waals surface area contributed by atoms with Crippen molar-refractivity contribution in [2.24, 2.45) is 11.5 Å². The Morgan fingerprint density at radius 2 is 1.91 bits per heavy atom. The third kappa shape index (κ3) is 5.04. The minimum absolute atomic E-state index is 0.0151. The van der Waals surface area contributed by atoms with Gasteiger partial charge in [-0.05, 0) is 31.0 Å². The van der Waals surface area contributed by atoms with Crippen LogP contribution in [0.25, 0.3) is 11.1 Å². The molecule has 0 aliphatic heterocycles. The predicted octanol–water partition coefficient (Wildman–Crippen LogP) is 4.60. The summed E-state index contributed by atoms with van der Waals surface area (Å²) in [6.07, 6.45) is 6.58. The van der Waals surface area contributed by atoms with Crippen LogP contribution in [-0.4, -0.2) is 28.0 Å². The number of nitrogens with one attached hydrogen (secondary N) is 2. The van der Waals surface area contributed by atoms with E-state index in [1.807, 2.05) is 0 Å². The monoisotopic (exact) mass is 472 g/mol. The van der Waals surface area contributed by atoms with Crippen LogP contribution in [0.4, 0.5) is 26.1 Å². The van der Waals surface area contributed by atoms with Gasteiger partial charge in [0.05, 0.1) is 22.5 Å². The molecule has 1 aromatic carbocycles. The Labute approximate surface area is 194 Å². The number of carbonyl (C=O) groups is 1. The Hall–Kier alpha value is -3.30. The fraction of sp³-hybridized carbons (Fsp3) is 0.261. The van der Waals surface area contributed by atoms with E-state index in [4.69, 9.17) is 23.1 Å². The Kier molecular flexibility index (Phi) is 6.71. The highest BCUT2D eigenvalue weighted by atomic mass is 35.5. The van der Waals surface area contributed by atoms with Gasteiger partial charge in [-0.15, -0.1) is 0 Å². The number of halogens is 3. The number of anilines is 3. The number of hydrogen-bond donors (Lipinski definition) is 4. The highest BCUT2D eigenvalue weighted by molar-refractivity contribution is 6.31. The Bertz CT molecular complexity index is 1190. The van der Waals surface area contributed by atoms with Gasteiger partial charge < -0.3 is 22.1 Å². The first-order valence-corrected chi connectivity index (χ1v) is 10.9. The molecule has 1 saturated carbocycles. The summed E-state index contributed by atoms with van der Waals surface area (Å²) in [5.41, 5.74) is 12.6. The summed E-state index contributed by atoms with van der Waals surface area (Å²) in [6, 6.07) is 7.03. The first-order chi connectivity index (χ1) is 15.8. The summed E-state index contributed by atoms with van der Waals surface area (Å²) in [5.74, 6) is -2.13. The maximum atomic E-state index is 14.7. The molecule has 0 saturated heterocycles. The lowest BCUT2D eigenvalue weighted by molar-refractivity contribution is 0.100. The van der Waals surface area contributed by atoms with Gasteiger partial charge in [0, 0.05) is 29.4 Å². The summed E-state index contributed by atoms with van der Waals surface area (Å²) in [4.78, 5) is 20.3. The van der Waals surface area contributed by atoms with Crippen molar-refractivity contribution >= 4 is 34.8 Å². The molecular formula is C23H23ClF2N6O. The molecule has 6 N–H and O–H groups in total. The topological polar surface area (TPSA) is 119 Å². The van der Waals surface area contributed by atoms with E-state index in [-0.39, 0.29) is 39.9 Å². The summed E-state index contributed by atoms with van der Waals surface area (Å²) in [6.45, 7) is 0. The van der Waals surface area contributed by atoms with E-state index >= 15 is 0 Å². The molecule has 2 aromatic heterocycles. The molecule has 0 bridgehead atoms. The van der Waals surface area contributed by atoms with Gasteiger partial charge in [-0.2, -0.15) is 0 Å². The van der Waals surface area contributed by atoms with Crippen molar-refractivity contribution in [3.8, 4) is 11.1 Å². The molecule has 0 spiro atoms. The van der Waals surface area contributed by atoms with Crippen LogP contribution in [0.15, 0.2) is 42.7 Å². The zero-order chi connectivity index (χ0) is 23.5. The van der Waals surface area contributed by atoms with Crippen LogP contribution in [-0.2, 0) is 0 Å². The Balaban J connectivity index is 1.67. The maximum absolute atomic E-state index is 14.7. The number of primary amides is 1. The second-order valence-corrected chi connectivity index (χ2v) is 8.37. The number of carbonyl (C=O) groups excluding carboxylic acids is 1. The van der Waals surface area contributed by atoms with E-state index in [9.17, 15) is 13.6 Å². The molecule has 2 heterocycles. The second kappa shape index (κ2) is 9.68. The first-order valence-electron chi connectivity index (χ1n) is 10.5. The molecule has 4 rings (SSSR count). The zero-order valence-electron chi connectivity index (χ0n) is 17.6. The summed E-state index contributed by atoms with van der Waals surface area (Å²) < 4.78 is 29.2. The quantitative estimate of drug-likeness (QED) is 0.416. The summed E-state index contributed by atoms with van der Waals surface area (Å²) >= 11 is 5.89. The van der Waals surface area contributed by atoms with Crippen LogP contribution in [0.5, 0.6) is 0 Å². The van der Waals surface area contributed by atoms with Gasteiger partial charge >= 0.3 is 0 Å². The van der Waals surface area contributed by atoms with Crippen LogP contribution < -0.4 is 22.1 Å². The van der Waals surface area contributed by atoms with Gasteiger partial charge in [-0.3, -0.25) is 9.78 Å². The summed E-state index contributed by atoms with van der Waals surface area (Å²) in [5, 5.41) is 5.99. The van der Waals surface area contributed by atoms with Crippen LogP contribution in [0.1, 0.15) is 36.0 Å². The van der Waals surface area contributed by atoms with Crippen molar-refractivity contribution in [1.82, 2.24) is 9.97 Å². The lowest BCUT2D eigenvalue weighted by Gasteiger charge is -2.30. The molecule has 2 unspecified atom stereocenters. The highest BCUT2D eigenvalue weighted by Gasteiger charge is 2.24. The van der Waals surface area contributed by atoms with Crippen LogP contribution >= 0.6 is 11.6 Å². The lowest BCUT2D eigenvalue weighted by atomic mass is 9.91. The van der Waals surface area contributed by atoms with Gasteiger partial charge in [-0.25, -0.2) is 13.8 Å². The van der Waals surface area contributed by atoms with Gasteiger partial charge in [-0.1, -0.05) is 36.6 Å². The fourth-order valence-electron chi connectivity index (χ4n) is 3.91. The molecule has 1 fully saturated rings. The number of nitrogens with zero attached hydrogens (tertiary/aromatic N) is 2. The van der Waals surface area contributed by atoms with Crippen molar-refractivity contribution in [3.05, 3.63) is 64.9 Å². The van der Waals surface area contributed by atoms with Crippen molar-refractivity contribution < 1.29 is 13.6 Å². The van der Waals surface area contributed by atoms with Crippen molar-refractivity contribution in [1.29, 1.82) is 0 Å². The molecule has 1 aliphatic carbocycles. The highest BCUT2D eigenvalue weighted by Crippen LogP contribution is 2.31. The van der Waals surface area contributed by atoms with Crippen LogP contribution in [0.3, 0.4) is 0 Å². The van der Waals surface area contributed by atoms with Gasteiger partial charge in [0.15, 0.2) is 11.6 Å². The molecule has 172 valence electrons. The van der Waals surface area contributed by atoms with Crippen molar-refractivity contribution in [2.45, 2.75) is 37.8 Å². The molecule has 7 nitrogen and oxygen atoms in total. The normalized spacial score (nSPS) is 18.1. The van der Waals surface area contributed by atoms with Crippen molar-refractivity contribution in [2.75, 3.05) is 10.6 Å². The number of nitrogens with two attached hydrogens (primary N) is 2. The van der Waals surface area contributed by atoms with E-state index in [0.29, 0.717) is 11.3 Å². The molecule has 3 aromatic rings. The van der Waals surface area contributed by atoms with Crippen LogP contribution in [0, 0.1) is 11.6 Å². The van der Waals surface area contributed by atoms with Crippen molar-refractivity contribution in [3.63, 3.8) is 0 Å².